The van der Waals surface area contributed by atoms with Crippen LogP contribution in [0, 0.1) is 6.92 Å². The van der Waals surface area contributed by atoms with Gasteiger partial charge < -0.3 is 14.9 Å². The number of carbonyl (C=O) groups excluding carboxylic acids is 1. The monoisotopic (exact) mass is 500 g/mol. The molecule has 3 aromatic rings. The highest BCUT2D eigenvalue weighted by Gasteiger charge is 2.24. The van der Waals surface area contributed by atoms with Gasteiger partial charge in [-0.1, -0.05) is 81.6 Å². The predicted octanol–water partition coefficient (Wildman–Crippen LogP) is 5.61. The number of fused-ring (bicyclic) bond motifs is 1. The molecule has 0 atom stereocenters. The van der Waals surface area contributed by atoms with Gasteiger partial charge in [-0.15, -0.1) is 0 Å². The average molecular weight is 501 g/mol. The Hall–Kier alpha value is -3.77. The number of benzene rings is 2. The Labute approximate surface area is 221 Å². The van der Waals surface area contributed by atoms with E-state index in [1.807, 2.05) is 43.0 Å². The highest BCUT2D eigenvalue weighted by atomic mass is 16.2. The maximum Gasteiger partial charge on any atom is 0.223 e. The number of hydrogen-bond donors (Lipinski definition) is 1. The van der Waals surface area contributed by atoms with E-state index in [-0.39, 0.29) is 5.91 Å². The molecule has 6 nitrogen and oxygen atoms in total. The van der Waals surface area contributed by atoms with Crippen LogP contribution in [0.4, 0.5) is 5.82 Å². The molecule has 2 aromatic carbocycles. The van der Waals surface area contributed by atoms with E-state index in [2.05, 4.69) is 55.3 Å². The Balaban J connectivity index is 0.00000115. The molecule has 0 aliphatic carbocycles. The standard InChI is InChI=1S/C28H30N4O.C2H6.CH4O/c1-4-9-23(5-2)27-29-25-20-21(3)12-14-24(25)28(30-27)32-18-16-31(17-19-32)26(33)15-13-22-10-7-6-8-11-22;2*1-2/h4-12,14,20H,1-2,13,15-19H2,3H3;1-2H3;2H,1H3/b23-9+;;. The first-order chi connectivity index (χ1) is 18.1. The van der Waals surface area contributed by atoms with E-state index in [1.165, 1.54) is 5.56 Å². The number of aliphatic hydroxyl groups is 1. The molecule has 196 valence electrons. The third-order valence-electron chi connectivity index (χ3n) is 6.01. The molecule has 0 saturated carbocycles. The number of allylic oxidation sites excluding steroid dienone is 4. The number of rotatable bonds is 7. The zero-order valence-corrected chi connectivity index (χ0v) is 22.7. The van der Waals surface area contributed by atoms with Crippen LogP contribution < -0.4 is 4.90 Å². The first-order valence-electron chi connectivity index (χ1n) is 12.8. The second-order valence-electron chi connectivity index (χ2n) is 8.31. The van der Waals surface area contributed by atoms with Gasteiger partial charge in [0.05, 0.1) is 5.52 Å². The van der Waals surface area contributed by atoms with Gasteiger partial charge in [0.1, 0.15) is 5.82 Å². The molecule has 0 bridgehead atoms. The van der Waals surface area contributed by atoms with Crippen molar-refractivity contribution in [3.05, 3.63) is 96.9 Å². The maximum atomic E-state index is 12.8. The summed E-state index contributed by atoms with van der Waals surface area (Å²) < 4.78 is 0. The first-order valence-corrected chi connectivity index (χ1v) is 12.8. The summed E-state index contributed by atoms with van der Waals surface area (Å²) in [6.45, 7) is 16.6. The van der Waals surface area contributed by atoms with Crippen molar-refractivity contribution in [2.45, 2.75) is 33.6 Å². The third kappa shape index (κ3) is 7.86. The molecule has 1 fully saturated rings. The second-order valence-corrected chi connectivity index (χ2v) is 8.31. The molecule has 0 spiro atoms. The molecule has 1 N–H and O–H groups in total. The Morgan fingerprint density at radius 1 is 1.00 bits per heavy atom. The molecule has 4 rings (SSSR count). The van der Waals surface area contributed by atoms with Gasteiger partial charge in [0.2, 0.25) is 5.91 Å². The van der Waals surface area contributed by atoms with Gasteiger partial charge in [-0.2, -0.15) is 0 Å². The highest BCUT2D eigenvalue weighted by molar-refractivity contribution is 5.92. The van der Waals surface area contributed by atoms with Crippen LogP contribution in [-0.2, 0) is 11.2 Å². The van der Waals surface area contributed by atoms with Crippen LogP contribution in [0.25, 0.3) is 16.5 Å². The van der Waals surface area contributed by atoms with Crippen molar-refractivity contribution in [1.29, 1.82) is 0 Å². The summed E-state index contributed by atoms with van der Waals surface area (Å²) in [5.41, 5.74) is 4.10. The number of aryl methyl sites for hydroxylation is 2. The fourth-order valence-electron chi connectivity index (χ4n) is 4.18. The Kier molecular flexibility index (Phi) is 12.2. The molecular weight excluding hydrogens is 460 g/mol. The summed E-state index contributed by atoms with van der Waals surface area (Å²) in [7, 11) is 1.00. The van der Waals surface area contributed by atoms with Crippen LogP contribution in [0.15, 0.2) is 79.9 Å². The molecule has 1 saturated heterocycles. The Morgan fingerprint density at radius 3 is 2.30 bits per heavy atom. The lowest BCUT2D eigenvalue weighted by Gasteiger charge is -2.36. The summed E-state index contributed by atoms with van der Waals surface area (Å²) in [5, 5.41) is 8.02. The molecule has 1 aromatic heterocycles. The molecule has 2 heterocycles. The zero-order valence-electron chi connectivity index (χ0n) is 22.7. The van der Waals surface area contributed by atoms with Crippen molar-refractivity contribution in [3.63, 3.8) is 0 Å². The lowest BCUT2D eigenvalue weighted by molar-refractivity contribution is -0.131. The quantitative estimate of drug-likeness (QED) is 0.427. The summed E-state index contributed by atoms with van der Waals surface area (Å²) in [6.07, 6.45) is 6.67. The van der Waals surface area contributed by atoms with Crippen LogP contribution in [0.3, 0.4) is 0 Å². The number of aliphatic hydroxyl groups excluding tert-OH is 1. The normalized spacial score (nSPS) is 13.2. The fraction of sp³-hybridized carbons (Fsp3) is 0.323. The van der Waals surface area contributed by atoms with Crippen molar-refractivity contribution in [3.8, 4) is 0 Å². The molecule has 37 heavy (non-hydrogen) atoms. The Morgan fingerprint density at radius 2 is 1.68 bits per heavy atom. The van der Waals surface area contributed by atoms with Gasteiger partial charge in [0.15, 0.2) is 5.82 Å². The van der Waals surface area contributed by atoms with Gasteiger partial charge in [-0.05, 0) is 36.6 Å². The van der Waals surface area contributed by atoms with Crippen LogP contribution in [-0.4, -0.2) is 59.2 Å². The van der Waals surface area contributed by atoms with E-state index >= 15 is 0 Å². The van der Waals surface area contributed by atoms with Crippen molar-refractivity contribution in [1.82, 2.24) is 14.9 Å². The zero-order chi connectivity index (χ0) is 27.2. The molecule has 1 amide bonds. The predicted molar refractivity (Wildman–Crippen MR) is 156 cm³/mol. The van der Waals surface area contributed by atoms with Crippen LogP contribution in [0.2, 0.25) is 0 Å². The number of nitrogens with zero attached hydrogens (tertiary/aromatic N) is 4. The molecule has 1 aliphatic rings. The number of carbonyl (C=O) groups is 1. The second kappa shape index (κ2) is 15.4. The SMILES string of the molecule is C=C/C=C(\C=C)c1nc(N2CCN(C(=O)CCc3ccccc3)CC2)c2ccc(C)cc2n1.CC.CO. The summed E-state index contributed by atoms with van der Waals surface area (Å²) in [5.74, 6) is 1.76. The van der Waals surface area contributed by atoms with Crippen molar-refractivity contribution >= 4 is 28.2 Å². The number of piperazine rings is 1. The van der Waals surface area contributed by atoms with Gasteiger partial charge in [-0.25, -0.2) is 9.97 Å². The van der Waals surface area contributed by atoms with Gasteiger partial charge in [0.25, 0.3) is 0 Å². The van der Waals surface area contributed by atoms with E-state index < -0.39 is 0 Å². The number of anilines is 1. The minimum absolute atomic E-state index is 0.213. The first kappa shape index (κ1) is 29.5. The summed E-state index contributed by atoms with van der Waals surface area (Å²) in [6, 6.07) is 16.4. The summed E-state index contributed by atoms with van der Waals surface area (Å²) in [4.78, 5) is 26.7. The summed E-state index contributed by atoms with van der Waals surface area (Å²) >= 11 is 0. The van der Waals surface area contributed by atoms with E-state index in [0.717, 1.165) is 54.5 Å². The van der Waals surface area contributed by atoms with E-state index in [4.69, 9.17) is 15.1 Å². The Bertz CT molecular complexity index is 1200. The maximum absolute atomic E-state index is 12.8. The van der Waals surface area contributed by atoms with Gasteiger partial charge >= 0.3 is 0 Å². The lowest BCUT2D eigenvalue weighted by atomic mass is 10.1. The smallest absolute Gasteiger partial charge is 0.223 e. The topological polar surface area (TPSA) is 69.6 Å². The number of aromatic nitrogens is 2. The van der Waals surface area contributed by atoms with Gasteiger partial charge in [-0.3, -0.25) is 4.79 Å². The van der Waals surface area contributed by atoms with Crippen LogP contribution >= 0.6 is 0 Å². The lowest BCUT2D eigenvalue weighted by Crippen LogP contribution is -2.49. The van der Waals surface area contributed by atoms with Crippen molar-refractivity contribution in [2.24, 2.45) is 0 Å². The molecule has 0 radical (unpaired) electrons. The minimum Gasteiger partial charge on any atom is -0.400 e. The number of hydrogen-bond acceptors (Lipinski definition) is 5. The third-order valence-corrected chi connectivity index (χ3v) is 6.01. The van der Waals surface area contributed by atoms with E-state index in [0.29, 0.717) is 25.3 Å². The van der Waals surface area contributed by atoms with Crippen molar-refractivity contribution < 1.29 is 9.90 Å². The van der Waals surface area contributed by atoms with Gasteiger partial charge in [0, 0.05) is 50.7 Å². The fourth-order valence-corrected chi connectivity index (χ4v) is 4.18. The largest absolute Gasteiger partial charge is 0.400 e. The molecular formula is C31H40N4O2. The molecule has 0 unspecified atom stereocenters. The van der Waals surface area contributed by atoms with Crippen molar-refractivity contribution in [2.75, 3.05) is 38.2 Å². The minimum atomic E-state index is 0.213. The number of amides is 1. The van der Waals surface area contributed by atoms with E-state index in [9.17, 15) is 4.79 Å². The molecule has 1 aliphatic heterocycles. The van der Waals surface area contributed by atoms with E-state index in [1.54, 1.807) is 12.2 Å². The van der Waals surface area contributed by atoms with Crippen LogP contribution in [0.5, 0.6) is 0 Å². The highest BCUT2D eigenvalue weighted by Crippen LogP contribution is 2.28. The van der Waals surface area contributed by atoms with Crippen LogP contribution in [0.1, 0.15) is 37.2 Å². The molecule has 6 heteroatoms. The average Bonchev–Trinajstić information content (AvgIpc) is 2.96.